The van der Waals surface area contributed by atoms with Crippen molar-refractivity contribution >= 4 is 5.91 Å². The molecule has 4 heteroatoms. The van der Waals surface area contributed by atoms with Crippen molar-refractivity contribution in [2.75, 3.05) is 13.2 Å². The molecule has 0 spiro atoms. The van der Waals surface area contributed by atoms with Gasteiger partial charge in [-0.05, 0) is 12.0 Å². The Kier molecular flexibility index (Phi) is 9.01. The highest BCUT2D eigenvalue weighted by atomic mass is 16.3. The van der Waals surface area contributed by atoms with E-state index >= 15 is 0 Å². The summed E-state index contributed by atoms with van der Waals surface area (Å²) >= 11 is 0. The highest BCUT2D eigenvalue weighted by Gasteiger charge is 2.10. The molecular formula is C13H22N2O2. The van der Waals surface area contributed by atoms with Gasteiger partial charge in [0.1, 0.15) is 6.04 Å². The van der Waals surface area contributed by atoms with E-state index in [0.29, 0.717) is 6.54 Å². The lowest BCUT2D eigenvalue weighted by Gasteiger charge is -2.09. The molecule has 1 amide bonds. The van der Waals surface area contributed by atoms with Gasteiger partial charge in [0.25, 0.3) is 0 Å². The summed E-state index contributed by atoms with van der Waals surface area (Å²) in [6, 6.07) is 9.04. The Balaban J connectivity index is 0.00000121. The Morgan fingerprint density at radius 2 is 1.94 bits per heavy atom. The summed E-state index contributed by atoms with van der Waals surface area (Å²) in [5.41, 5.74) is 6.50. The number of hydrogen-bond acceptors (Lipinski definition) is 3. The van der Waals surface area contributed by atoms with E-state index in [-0.39, 0.29) is 12.5 Å². The van der Waals surface area contributed by atoms with Gasteiger partial charge in [-0.2, -0.15) is 0 Å². The molecule has 96 valence electrons. The number of benzene rings is 1. The van der Waals surface area contributed by atoms with Crippen molar-refractivity contribution in [2.24, 2.45) is 5.73 Å². The van der Waals surface area contributed by atoms with Gasteiger partial charge in [0.2, 0.25) is 5.91 Å². The minimum absolute atomic E-state index is 0.312. The van der Waals surface area contributed by atoms with Crippen LogP contribution in [0.1, 0.15) is 19.4 Å². The Morgan fingerprint density at radius 1 is 1.35 bits per heavy atom. The molecule has 1 atom stereocenters. The molecule has 0 fully saturated rings. The number of carbonyl (C=O) groups is 1. The maximum absolute atomic E-state index is 11.2. The number of carbonyl (C=O) groups excluding carboxylic acids is 1. The monoisotopic (exact) mass is 238 g/mol. The van der Waals surface area contributed by atoms with Gasteiger partial charge in [-0.1, -0.05) is 44.2 Å². The second-order valence-corrected chi connectivity index (χ2v) is 3.32. The minimum Gasteiger partial charge on any atom is -0.394 e. The van der Waals surface area contributed by atoms with Crippen molar-refractivity contribution in [1.29, 1.82) is 0 Å². The third kappa shape index (κ3) is 6.71. The van der Waals surface area contributed by atoms with E-state index in [1.807, 2.05) is 44.2 Å². The van der Waals surface area contributed by atoms with Crippen LogP contribution < -0.4 is 11.1 Å². The van der Waals surface area contributed by atoms with Crippen LogP contribution in [0, 0.1) is 0 Å². The Morgan fingerprint density at radius 3 is 2.47 bits per heavy atom. The van der Waals surface area contributed by atoms with Crippen LogP contribution in [0.3, 0.4) is 0 Å². The van der Waals surface area contributed by atoms with Crippen molar-refractivity contribution in [3.05, 3.63) is 35.9 Å². The van der Waals surface area contributed by atoms with E-state index in [1.165, 1.54) is 0 Å². The molecule has 1 rings (SSSR count). The van der Waals surface area contributed by atoms with Crippen LogP contribution >= 0.6 is 0 Å². The average Bonchev–Trinajstić information content (AvgIpc) is 2.41. The lowest BCUT2D eigenvalue weighted by molar-refractivity contribution is -0.123. The van der Waals surface area contributed by atoms with E-state index in [2.05, 4.69) is 5.32 Å². The molecule has 0 saturated carbocycles. The van der Waals surface area contributed by atoms with Crippen molar-refractivity contribution in [2.45, 2.75) is 26.3 Å². The summed E-state index contributed by atoms with van der Waals surface area (Å²) in [5, 5.41) is 11.3. The first kappa shape index (κ1) is 15.6. The summed E-state index contributed by atoms with van der Waals surface area (Å²) in [6.07, 6.45) is 0.769. The lowest BCUT2D eigenvalue weighted by Crippen LogP contribution is -2.43. The molecule has 0 aliphatic heterocycles. The molecule has 0 aromatic heterocycles. The zero-order valence-electron chi connectivity index (χ0n) is 10.5. The Labute approximate surface area is 103 Å². The largest absolute Gasteiger partial charge is 0.394 e. The van der Waals surface area contributed by atoms with E-state index in [1.54, 1.807) is 0 Å². The van der Waals surface area contributed by atoms with Crippen molar-refractivity contribution < 1.29 is 9.90 Å². The first-order valence-corrected chi connectivity index (χ1v) is 5.92. The predicted octanol–water partition coefficient (Wildman–Crippen LogP) is 0.691. The molecule has 0 aliphatic rings. The molecule has 1 aromatic carbocycles. The van der Waals surface area contributed by atoms with Crippen LogP contribution in [0.15, 0.2) is 30.3 Å². The summed E-state index contributed by atoms with van der Waals surface area (Å²) in [7, 11) is 0. The zero-order chi connectivity index (χ0) is 13.1. The molecule has 1 unspecified atom stereocenters. The van der Waals surface area contributed by atoms with Gasteiger partial charge in [-0.3, -0.25) is 4.79 Å². The molecule has 0 aliphatic carbocycles. The number of amides is 1. The van der Waals surface area contributed by atoms with Crippen molar-refractivity contribution in [1.82, 2.24) is 5.32 Å². The number of aliphatic hydroxyl groups excluding tert-OH is 1. The van der Waals surface area contributed by atoms with E-state index in [4.69, 9.17) is 10.8 Å². The molecule has 4 nitrogen and oxygen atoms in total. The first-order valence-electron chi connectivity index (χ1n) is 5.92. The van der Waals surface area contributed by atoms with E-state index < -0.39 is 6.04 Å². The third-order valence-corrected chi connectivity index (χ3v) is 2.09. The van der Waals surface area contributed by atoms with E-state index in [9.17, 15) is 4.79 Å². The fourth-order valence-electron chi connectivity index (χ4n) is 1.19. The van der Waals surface area contributed by atoms with E-state index in [0.717, 1.165) is 12.0 Å². The normalized spacial score (nSPS) is 11.1. The number of nitrogens with two attached hydrogens (primary N) is 1. The van der Waals surface area contributed by atoms with Gasteiger partial charge >= 0.3 is 0 Å². The van der Waals surface area contributed by atoms with Crippen molar-refractivity contribution in [3.8, 4) is 0 Å². The summed E-state index contributed by atoms with van der Waals surface area (Å²) in [5.74, 6) is -0.312. The Bertz CT molecular complexity index is 302. The van der Waals surface area contributed by atoms with Gasteiger partial charge < -0.3 is 16.2 Å². The molecule has 0 saturated heterocycles. The third-order valence-electron chi connectivity index (χ3n) is 2.09. The topological polar surface area (TPSA) is 75.3 Å². The van der Waals surface area contributed by atoms with Gasteiger partial charge in [0, 0.05) is 6.54 Å². The van der Waals surface area contributed by atoms with Gasteiger partial charge in [-0.15, -0.1) is 0 Å². The van der Waals surface area contributed by atoms with Crippen LogP contribution in [0.4, 0.5) is 0 Å². The standard InChI is InChI=1S/C11H16N2O2.C2H6/c12-10(8-14)11(15)13-7-6-9-4-2-1-3-5-9;1-2/h1-5,10,14H,6-8,12H2,(H,13,15);1-2H3. The molecule has 17 heavy (non-hydrogen) atoms. The van der Waals surface area contributed by atoms with Gasteiger partial charge in [0.05, 0.1) is 6.61 Å². The summed E-state index contributed by atoms with van der Waals surface area (Å²) in [4.78, 5) is 11.2. The minimum atomic E-state index is -0.819. The molecule has 0 radical (unpaired) electrons. The number of aliphatic hydroxyl groups is 1. The van der Waals surface area contributed by atoms with Crippen LogP contribution in [-0.4, -0.2) is 30.2 Å². The number of rotatable bonds is 5. The average molecular weight is 238 g/mol. The summed E-state index contributed by atoms with van der Waals surface area (Å²) < 4.78 is 0. The number of nitrogens with one attached hydrogen (secondary N) is 1. The number of hydrogen-bond donors (Lipinski definition) is 3. The van der Waals surface area contributed by atoms with Crippen LogP contribution in [0.5, 0.6) is 0 Å². The van der Waals surface area contributed by atoms with Crippen LogP contribution in [0.2, 0.25) is 0 Å². The van der Waals surface area contributed by atoms with Crippen molar-refractivity contribution in [3.63, 3.8) is 0 Å². The molecule has 1 aromatic rings. The molecule has 0 heterocycles. The smallest absolute Gasteiger partial charge is 0.239 e. The fraction of sp³-hybridized carbons (Fsp3) is 0.462. The van der Waals surface area contributed by atoms with Gasteiger partial charge in [-0.25, -0.2) is 0 Å². The predicted molar refractivity (Wildman–Crippen MR) is 69.6 cm³/mol. The fourth-order valence-corrected chi connectivity index (χ4v) is 1.19. The molecule has 4 N–H and O–H groups in total. The second-order valence-electron chi connectivity index (χ2n) is 3.32. The lowest BCUT2D eigenvalue weighted by atomic mass is 10.1. The second kappa shape index (κ2) is 9.81. The quantitative estimate of drug-likeness (QED) is 0.706. The maximum Gasteiger partial charge on any atom is 0.239 e. The highest BCUT2D eigenvalue weighted by molar-refractivity contribution is 5.81. The SMILES string of the molecule is CC.NC(CO)C(=O)NCCc1ccccc1. The zero-order valence-corrected chi connectivity index (χ0v) is 10.5. The van der Waals surface area contributed by atoms with Gasteiger partial charge in [0.15, 0.2) is 0 Å². The van der Waals surface area contributed by atoms with Crippen LogP contribution in [-0.2, 0) is 11.2 Å². The Hall–Kier alpha value is -1.39. The maximum atomic E-state index is 11.2. The molecule has 0 bridgehead atoms. The highest BCUT2D eigenvalue weighted by Crippen LogP contribution is 1.97. The first-order chi connectivity index (χ1) is 8.24. The molecular weight excluding hydrogens is 216 g/mol. The summed E-state index contributed by atoms with van der Waals surface area (Å²) in [6.45, 7) is 4.22. The van der Waals surface area contributed by atoms with Crippen LogP contribution in [0.25, 0.3) is 0 Å².